The van der Waals surface area contributed by atoms with Gasteiger partial charge in [0, 0.05) is 13.6 Å². The summed E-state index contributed by atoms with van der Waals surface area (Å²) in [6.07, 6.45) is 1.59. The van der Waals surface area contributed by atoms with Gasteiger partial charge in [-0.15, -0.1) is 0 Å². The molecule has 2 N–H and O–H groups in total. The zero-order valence-corrected chi connectivity index (χ0v) is 15.6. The summed E-state index contributed by atoms with van der Waals surface area (Å²) in [7, 11) is 1.78. The van der Waals surface area contributed by atoms with Crippen LogP contribution >= 0.6 is 0 Å². The van der Waals surface area contributed by atoms with Gasteiger partial charge in [-0.05, 0) is 42.1 Å². The van der Waals surface area contributed by atoms with Crippen LogP contribution in [0.5, 0.6) is 0 Å². The predicted octanol–water partition coefficient (Wildman–Crippen LogP) is 3.19. The molecule has 136 valence electrons. The Bertz CT molecular complexity index is 734. The lowest BCUT2D eigenvalue weighted by Gasteiger charge is -2.29. The molecular weight excluding hydrogens is 319 g/mol. The van der Waals surface area contributed by atoms with Gasteiger partial charge >= 0.3 is 0 Å². The average molecular weight is 346 g/mol. The fourth-order valence-electron chi connectivity index (χ4n) is 2.85. The van der Waals surface area contributed by atoms with Gasteiger partial charge in [0.15, 0.2) is 0 Å². The second-order valence-electron chi connectivity index (χ2n) is 7.52. The molecular formula is C19H27FN4O. The van der Waals surface area contributed by atoms with Crippen molar-refractivity contribution in [3.8, 4) is 5.69 Å². The first kappa shape index (κ1) is 19.1. The van der Waals surface area contributed by atoms with E-state index in [-0.39, 0.29) is 23.1 Å². The Labute approximate surface area is 148 Å². The van der Waals surface area contributed by atoms with Crippen molar-refractivity contribution in [3.63, 3.8) is 0 Å². The fourth-order valence-corrected chi connectivity index (χ4v) is 2.85. The SMILES string of the molecule is CC(C)c1c(C(=O)N(C)CC(C)(C)CN)cnn1-c1ccc(F)cc1. The summed E-state index contributed by atoms with van der Waals surface area (Å²) in [6.45, 7) is 9.14. The second kappa shape index (κ2) is 7.35. The summed E-state index contributed by atoms with van der Waals surface area (Å²) >= 11 is 0. The first-order valence-corrected chi connectivity index (χ1v) is 8.45. The molecule has 0 bridgehead atoms. The van der Waals surface area contributed by atoms with E-state index in [4.69, 9.17) is 5.73 Å². The number of halogens is 1. The Kier molecular flexibility index (Phi) is 5.62. The van der Waals surface area contributed by atoms with Crippen LogP contribution in [0.3, 0.4) is 0 Å². The van der Waals surface area contributed by atoms with Crippen LogP contribution in [0.4, 0.5) is 4.39 Å². The van der Waals surface area contributed by atoms with E-state index in [1.165, 1.54) is 12.1 Å². The summed E-state index contributed by atoms with van der Waals surface area (Å²) < 4.78 is 14.9. The van der Waals surface area contributed by atoms with Gasteiger partial charge < -0.3 is 10.6 Å². The maximum Gasteiger partial charge on any atom is 0.257 e. The van der Waals surface area contributed by atoms with Crippen LogP contribution in [0.15, 0.2) is 30.5 Å². The number of hydrogen-bond donors (Lipinski definition) is 1. The van der Waals surface area contributed by atoms with Gasteiger partial charge in [0.2, 0.25) is 0 Å². The zero-order chi connectivity index (χ0) is 18.8. The van der Waals surface area contributed by atoms with Crippen LogP contribution in [-0.2, 0) is 0 Å². The third-order valence-electron chi connectivity index (χ3n) is 4.22. The topological polar surface area (TPSA) is 64.2 Å². The normalized spacial score (nSPS) is 11.8. The number of nitrogens with two attached hydrogens (primary N) is 1. The van der Waals surface area contributed by atoms with Crippen LogP contribution in [0, 0.1) is 11.2 Å². The summed E-state index contributed by atoms with van der Waals surface area (Å²) in [5.41, 5.74) is 7.73. The maximum atomic E-state index is 13.2. The Balaban J connectivity index is 2.39. The average Bonchev–Trinajstić information content (AvgIpc) is 2.99. The molecule has 2 aromatic rings. The monoisotopic (exact) mass is 346 g/mol. The first-order chi connectivity index (χ1) is 11.7. The van der Waals surface area contributed by atoms with Crippen molar-refractivity contribution >= 4 is 5.91 Å². The minimum Gasteiger partial charge on any atom is -0.341 e. The lowest BCUT2D eigenvalue weighted by atomic mass is 9.93. The van der Waals surface area contributed by atoms with Crippen molar-refractivity contribution in [2.45, 2.75) is 33.6 Å². The van der Waals surface area contributed by atoms with E-state index in [0.717, 1.165) is 11.4 Å². The molecule has 0 atom stereocenters. The highest BCUT2D eigenvalue weighted by molar-refractivity contribution is 5.95. The van der Waals surface area contributed by atoms with Crippen LogP contribution in [0.1, 0.15) is 49.7 Å². The molecule has 6 heteroatoms. The number of carbonyl (C=O) groups is 1. The smallest absolute Gasteiger partial charge is 0.257 e. The molecule has 0 aliphatic carbocycles. The number of nitrogens with zero attached hydrogens (tertiary/aromatic N) is 3. The Morgan fingerprint density at radius 1 is 1.32 bits per heavy atom. The summed E-state index contributed by atoms with van der Waals surface area (Å²) in [5.74, 6) is -0.303. The molecule has 0 saturated carbocycles. The maximum absolute atomic E-state index is 13.2. The molecule has 0 aliphatic rings. The van der Waals surface area contributed by atoms with E-state index in [2.05, 4.69) is 5.10 Å². The van der Waals surface area contributed by atoms with E-state index < -0.39 is 0 Å². The molecule has 25 heavy (non-hydrogen) atoms. The van der Waals surface area contributed by atoms with Gasteiger partial charge in [0.25, 0.3) is 5.91 Å². The van der Waals surface area contributed by atoms with Crippen LogP contribution < -0.4 is 5.73 Å². The largest absolute Gasteiger partial charge is 0.341 e. The lowest BCUT2D eigenvalue weighted by molar-refractivity contribution is 0.0739. The number of rotatable bonds is 6. The molecule has 1 aromatic heterocycles. The number of aromatic nitrogens is 2. The van der Waals surface area contributed by atoms with Gasteiger partial charge in [0.05, 0.1) is 23.1 Å². The molecule has 0 aliphatic heterocycles. The van der Waals surface area contributed by atoms with Crippen molar-refractivity contribution in [1.82, 2.24) is 14.7 Å². The highest BCUT2D eigenvalue weighted by Gasteiger charge is 2.26. The van der Waals surface area contributed by atoms with Crippen molar-refractivity contribution in [2.75, 3.05) is 20.1 Å². The van der Waals surface area contributed by atoms with Gasteiger partial charge in [-0.25, -0.2) is 9.07 Å². The Hall–Kier alpha value is -2.21. The Morgan fingerprint density at radius 3 is 2.44 bits per heavy atom. The molecule has 0 unspecified atom stereocenters. The third kappa shape index (κ3) is 4.25. The fraction of sp³-hybridized carbons (Fsp3) is 0.474. The predicted molar refractivity (Wildman–Crippen MR) is 97.4 cm³/mol. The van der Waals surface area contributed by atoms with Crippen molar-refractivity contribution in [1.29, 1.82) is 0 Å². The molecule has 1 heterocycles. The van der Waals surface area contributed by atoms with E-state index in [1.807, 2.05) is 27.7 Å². The summed E-state index contributed by atoms with van der Waals surface area (Å²) in [4.78, 5) is 14.6. The van der Waals surface area contributed by atoms with Crippen LogP contribution in [-0.4, -0.2) is 40.7 Å². The van der Waals surface area contributed by atoms with E-state index in [1.54, 1.807) is 35.0 Å². The van der Waals surface area contributed by atoms with Gasteiger partial charge in [-0.1, -0.05) is 27.7 Å². The van der Waals surface area contributed by atoms with E-state index in [9.17, 15) is 9.18 Å². The minimum absolute atomic E-state index is 0.0846. The molecule has 0 fully saturated rings. The van der Waals surface area contributed by atoms with Crippen LogP contribution in [0.25, 0.3) is 5.69 Å². The van der Waals surface area contributed by atoms with Gasteiger partial charge in [0.1, 0.15) is 5.82 Å². The second-order valence-corrected chi connectivity index (χ2v) is 7.52. The zero-order valence-electron chi connectivity index (χ0n) is 15.6. The lowest BCUT2D eigenvalue weighted by Crippen LogP contribution is -2.40. The van der Waals surface area contributed by atoms with Crippen molar-refractivity contribution in [2.24, 2.45) is 11.1 Å². The molecule has 0 spiro atoms. The molecule has 0 radical (unpaired) electrons. The standard InChI is InChI=1S/C19H27FN4O/c1-13(2)17-16(18(25)23(5)12-19(3,4)11-21)10-22-24(17)15-8-6-14(20)7-9-15/h6-10,13H,11-12,21H2,1-5H3. The first-order valence-electron chi connectivity index (χ1n) is 8.45. The number of hydrogen-bond acceptors (Lipinski definition) is 3. The number of amides is 1. The quantitative estimate of drug-likeness (QED) is 0.874. The molecule has 0 saturated heterocycles. The summed E-state index contributed by atoms with van der Waals surface area (Å²) in [5, 5.41) is 4.38. The van der Waals surface area contributed by atoms with E-state index in [0.29, 0.717) is 18.7 Å². The molecule has 1 aromatic carbocycles. The van der Waals surface area contributed by atoms with E-state index >= 15 is 0 Å². The third-order valence-corrected chi connectivity index (χ3v) is 4.22. The van der Waals surface area contributed by atoms with Crippen molar-refractivity contribution < 1.29 is 9.18 Å². The number of benzene rings is 1. The molecule has 5 nitrogen and oxygen atoms in total. The van der Waals surface area contributed by atoms with Gasteiger partial charge in [-0.3, -0.25) is 4.79 Å². The van der Waals surface area contributed by atoms with Crippen molar-refractivity contribution in [3.05, 3.63) is 47.5 Å². The minimum atomic E-state index is -0.304. The molecule has 2 rings (SSSR count). The van der Waals surface area contributed by atoms with Gasteiger partial charge in [-0.2, -0.15) is 5.10 Å². The Morgan fingerprint density at radius 2 is 1.92 bits per heavy atom. The molecule has 1 amide bonds. The highest BCUT2D eigenvalue weighted by atomic mass is 19.1. The number of carbonyl (C=O) groups excluding carboxylic acids is 1. The summed E-state index contributed by atoms with van der Waals surface area (Å²) in [6, 6.07) is 6.09. The van der Waals surface area contributed by atoms with Crippen LogP contribution in [0.2, 0.25) is 0 Å². The highest BCUT2D eigenvalue weighted by Crippen LogP contribution is 2.25.